The van der Waals surface area contributed by atoms with Crippen LogP contribution in [-0.2, 0) is 23.0 Å². The Morgan fingerprint density at radius 1 is 1.07 bits per heavy atom. The molecule has 11 nitrogen and oxygen atoms in total. The lowest BCUT2D eigenvalue weighted by Crippen LogP contribution is -2.35. The molecule has 0 saturated heterocycles. The van der Waals surface area contributed by atoms with Crippen LogP contribution in [0.4, 0.5) is 10.6 Å². The van der Waals surface area contributed by atoms with Gasteiger partial charge in [-0.3, -0.25) is 19.9 Å². The molecule has 4 rings (SSSR count). The fourth-order valence-corrected chi connectivity index (χ4v) is 4.28. The number of amidine groups is 1. The first kappa shape index (κ1) is 31.2. The second-order valence-electron chi connectivity index (χ2n) is 9.13. The molecule has 2 aromatic heterocycles. The molecule has 0 aliphatic heterocycles. The molecule has 0 bridgehead atoms. The Balaban J connectivity index is 0.00000462. The Bertz CT molecular complexity index is 1540. The van der Waals surface area contributed by atoms with E-state index in [0.717, 1.165) is 11.1 Å². The van der Waals surface area contributed by atoms with Crippen molar-refractivity contribution in [3.63, 3.8) is 0 Å². The number of benzene rings is 2. The molecule has 0 atom stereocenters. The summed E-state index contributed by atoms with van der Waals surface area (Å²) in [4.78, 5) is 47.3. The number of nitrogen functional groups attached to an aromatic ring is 1. The number of ether oxygens (including phenoxy) is 2. The van der Waals surface area contributed by atoms with E-state index in [-0.39, 0.29) is 66.7 Å². The number of methoxy groups -OCH3 is 1. The third kappa shape index (κ3) is 7.87. The molecular weight excluding hydrogens is 639 g/mol. The topological polar surface area (TPSA) is 153 Å². The number of halogens is 1. The number of nitrogens with zero attached hydrogens (tertiary/aromatic N) is 4. The summed E-state index contributed by atoms with van der Waals surface area (Å²) in [6, 6.07) is 14.0. The smallest absolute Gasteiger partial charge is 0.420 e. The van der Waals surface area contributed by atoms with Gasteiger partial charge in [-0.2, -0.15) is 0 Å². The maximum absolute atomic E-state index is 13.2. The number of aryl methyl sites for hydroxylation is 2. The van der Waals surface area contributed by atoms with Crippen molar-refractivity contribution >= 4 is 64.4 Å². The molecule has 0 aliphatic rings. The van der Waals surface area contributed by atoms with Crippen LogP contribution in [0.3, 0.4) is 0 Å². The van der Waals surface area contributed by atoms with Gasteiger partial charge in [-0.15, -0.1) is 24.0 Å². The van der Waals surface area contributed by atoms with Crippen LogP contribution in [0.1, 0.15) is 40.7 Å². The van der Waals surface area contributed by atoms with E-state index in [1.165, 1.54) is 24.5 Å². The molecule has 0 saturated carbocycles. The molecule has 0 aliphatic carbocycles. The predicted molar refractivity (Wildman–Crippen MR) is 165 cm³/mol. The maximum atomic E-state index is 13.2. The number of carbonyl (C=O) groups is 3. The Kier molecular flexibility index (Phi) is 10.9. The Labute approximate surface area is 254 Å². The number of rotatable bonds is 11. The quantitative estimate of drug-likeness (QED) is 0.0770. The summed E-state index contributed by atoms with van der Waals surface area (Å²) in [6.07, 6.45) is 5.22. The molecule has 1 amide bonds. The van der Waals surface area contributed by atoms with E-state index in [1.807, 2.05) is 23.7 Å². The normalized spacial score (nSPS) is 10.5. The number of hydrogen-bond acceptors (Lipinski definition) is 8. The molecule has 3 N–H and O–H groups in total. The second kappa shape index (κ2) is 14.3. The number of ketones is 1. The average molecular weight is 671 g/mol. The molecule has 0 radical (unpaired) electrons. The third-order valence-corrected chi connectivity index (χ3v) is 6.43. The van der Waals surface area contributed by atoms with Crippen LogP contribution >= 0.6 is 24.0 Å². The fraction of sp³-hybridized carbons (Fsp3) is 0.241. The van der Waals surface area contributed by atoms with Crippen molar-refractivity contribution in [1.82, 2.24) is 14.5 Å². The van der Waals surface area contributed by atoms with Crippen LogP contribution in [0.2, 0.25) is 0 Å². The summed E-state index contributed by atoms with van der Waals surface area (Å²) in [5.41, 5.74) is 8.46. The first-order valence-corrected chi connectivity index (χ1v) is 12.6. The number of nitrogens with one attached hydrogen (secondary N) is 1. The van der Waals surface area contributed by atoms with Gasteiger partial charge in [0.1, 0.15) is 23.7 Å². The first-order valence-electron chi connectivity index (χ1n) is 12.6. The standard InChI is InChI=1S/C29H30N6O5.HI/c1-34-17-23(25(36)12-7-19-5-8-20(9-6-19)28(30)31)22-16-21(10-11-24(22)34)40-29(38)35(15-3-4-27(37)39-2)26-13-14-32-18-33-26;/h5-6,8-11,13-14,16-18H,3-4,7,12,15H2,1-2H3,(H3,30,31);1H. The first-order chi connectivity index (χ1) is 19.3. The summed E-state index contributed by atoms with van der Waals surface area (Å²) in [5, 5.41) is 8.18. The van der Waals surface area contributed by atoms with E-state index in [1.54, 1.807) is 42.6 Å². The van der Waals surface area contributed by atoms with Crippen LogP contribution < -0.4 is 15.4 Å². The molecule has 12 heteroatoms. The van der Waals surface area contributed by atoms with E-state index in [4.69, 9.17) is 15.9 Å². The summed E-state index contributed by atoms with van der Waals surface area (Å²) in [7, 11) is 3.16. The van der Waals surface area contributed by atoms with Gasteiger partial charge in [0.2, 0.25) is 0 Å². The lowest BCUT2D eigenvalue weighted by atomic mass is 10.0. The van der Waals surface area contributed by atoms with Crippen molar-refractivity contribution in [1.29, 1.82) is 5.41 Å². The summed E-state index contributed by atoms with van der Waals surface area (Å²) < 4.78 is 12.2. The van der Waals surface area contributed by atoms with Crippen LogP contribution in [-0.4, -0.2) is 51.9 Å². The summed E-state index contributed by atoms with van der Waals surface area (Å²) in [6.45, 7) is 0.176. The predicted octanol–water partition coefficient (Wildman–Crippen LogP) is 4.64. The number of anilines is 1. The van der Waals surface area contributed by atoms with Crippen LogP contribution in [0.25, 0.3) is 10.9 Å². The zero-order valence-electron chi connectivity index (χ0n) is 22.7. The Hall–Kier alpha value is -4.33. The van der Waals surface area contributed by atoms with Crippen LogP contribution in [0.5, 0.6) is 5.75 Å². The molecular formula is C29H31IN6O5. The zero-order chi connectivity index (χ0) is 28.6. The van der Waals surface area contributed by atoms with E-state index < -0.39 is 6.09 Å². The van der Waals surface area contributed by atoms with Gasteiger partial charge < -0.3 is 19.8 Å². The van der Waals surface area contributed by atoms with Crippen molar-refractivity contribution in [3.8, 4) is 5.75 Å². The van der Waals surface area contributed by atoms with Crippen molar-refractivity contribution < 1.29 is 23.9 Å². The van der Waals surface area contributed by atoms with Crippen molar-refractivity contribution in [2.45, 2.75) is 25.7 Å². The molecule has 4 aromatic rings. The van der Waals surface area contributed by atoms with E-state index in [9.17, 15) is 14.4 Å². The Morgan fingerprint density at radius 2 is 1.83 bits per heavy atom. The number of amides is 1. The minimum absolute atomic E-state index is 0. The highest BCUT2D eigenvalue weighted by molar-refractivity contribution is 14.0. The minimum atomic E-state index is -0.680. The summed E-state index contributed by atoms with van der Waals surface area (Å²) >= 11 is 0. The van der Waals surface area contributed by atoms with E-state index >= 15 is 0 Å². The number of aromatic nitrogens is 3. The third-order valence-electron chi connectivity index (χ3n) is 6.43. The van der Waals surface area contributed by atoms with Crippen molar-refractivity contribution in [2.24, 2.45) is 12.8 Å². The van der Waals surface area contributed by atoms with Gasteiger partial charge in [0.05, 0.1) is 7.11 Å². The highest BCUT2D eigenvalue weighted by Crippen LogP contribution is 2.28. The molecule has 2 heterocycles. The maximum Gasteiger partial charge on any atom is 0.420 e. The van der Waals surface area contributed by atoms with Crippen molar-refractivity contribution in [3.05, 3.63) is 83.9 Å². The van der Waals surface area contributed by atoms with Crippen LogP contribution in [0, 0.1) is 5.41 Å². The lowest BCUT2D eigenvalue weighted by molar-refractivity contribution is -0.140. The number of fused-ring (bicyclic) bond motifs is 1. The second-order valence-corrected chi connectivity index (χ2v) is 9.13. The highest BCUT2D eigenvalue weighted by atomic mass is 127. The van der Waals surface area contributed by atoms with Gasteiger partial charge in [0.15, 0.2) is 5.78 Å². The van der Waals surface area contributed by atoms with Crippen LogP contribution in [0.15, 0.2) is 67.3 Å². The van der Waals surface area contributed by atoms with Gasteiger partial charge in [0.25, 0.3) is 0 Å². The van der Waals surface area contributed by atoms with Gasteiger partial charge in [-0.05, 0) is 42.7 Å². The molecule has 0 fully saturated rings. The van der Waals surface area contributed by atoms with Gasteiger partial charge in [0, 0.05) is 60.9 Å². The minimum Gasteiger partial charge on any atom is -0.469 e. The van der Waals surface area contributed by atoms with Gasteiger partial charge in [-0.25, -0.2) is 14.8 Å². The Morgan fingerprint density at radius 3 is 2.49 bits per heavy atom. The summed E-state index contributed by atoms with van der Waals surface area (Å²) in [5.74, 6) is 0.171. The number of carbonyl (C=O) groups excluding carboxylic acids is 3. The van der Waals surface area contributed by atoms with Crippen molar-refractivity contribution in [2.75, 3.05) is 18.6 Å². The number of nitrogens with two attached hydrogens (primary N) is 1. The molecule has 214 valence electrons. The molecule has 0 spiro atoms. The molecule has 2 aromatic carbocycles. The largest absolute Gasteiger partial charge is 0.469 e. The number of esters is 1. The highest BCUT2D eigenvalue weighted by Gasteiger charge is 2.21. The SMILES string of the molecule is COC(=O)CCCN(C(=O)Oc1ccc2c(c1)c(C(=O)CCc1ccc(C(=N)N)cc1)cn2C)c1ccncn1.I. The van der Waals surface area contributed by atoms with E-state index in [0.29, 0.717) is 35.2 Å². The fourth-order valence-electron chi connectivity index (χ4n) is 4.28. The zero-order valence-corrected chi connectivity index (χ0v) is 25.0. The lowest BCUT2D eigenvalue weighted by Gasteiger charge is -2.20. The number of Topliss-reactive ketones (excluding diaryl/α,β-unsaturated/α-hetero) is 1. The van der Waals surface area contributed by atoms with Gasteiger partial charge in [-0.1, -0.05) is 24.3 Å². The monoisotopic (exact) mass is 670 g/mol. The molecule has 41 heavy (non-hydrogen) atoms. The van der Waals surface area contributed by atoms with E-state index in [2.05, 4.69) is 14.7 Å². The average Bonchev–Trinajstić information content (AvgIpc) is 3.30. The number of hydrogen-bond donors (Lipinski definition) is 2. The van der Waals surface area contributed by atoms with Gasteiger partial charge >= 0.3 is 12.1 Å². The molecule has 0 unspecified atom stereocenters.